The van der Waals surface area contributed by atoms with Gasteiger partial charge in [0.25, 0.3) is 0 Å². The number of anilines is 1. The fraction of sp³-hybridized carbons (Fsp3) is 0.250. The first-order valence-corrected chi connectivity index (χ1v) is 10.2. The van der Waals surface area contributed by atoms with Crippen molar-refractivity contribution in [1.82, 2.24) is 20.3 Å². The molecule has 5 heteroatoms. The van der Waals surface area contributed by atoms with Crippen molar-refractivity contribution < 1.29 is 0 Å². The van der Waals surface area contributed by atoms with Crippen LogP contribution in [0.25, 0.3) is 22.2 Å². The molecule has 2 aromatic heterocycles. The van der Waals surface area contributed by atoms with E-state index < -0.39 is 0 Å². The summed E-state index contributed by atoms with van der Waals surface area (Å²) in [5.41, 5.74) is 4.71. The molecule has 3 N–H and O–H groups in total. The molecular formula is C24H25N5. The quantitative estimate of drug-likeness (QED) is 0.478. The Balaban J connectivity index is 1.47. The first-order chi connectivity index (χ1) is 14.3. The Morgan fingerprint density at radius 3 is 2.59 bits per heavy atom. The monoisotopic (exact) mass is 383 g/mol. The number of rotatable bonds is 5. The van der Waals surface area contributed by atoms with E-state index in [-0.39, 0.29) is 5.54 Å². The van der Waals surface area contributed by atoms with Crippen LogP contribution in [-0.2, 0) is 6.42 Å². The Morgan fingerprint density at radius 1 is 0.897 bits per heavy atom. The lowest BCUT2D eigenvalue weighted by Crippen LogP contribution is -2.49. The second kappa shape index (κ2) is 7.68. The highest BCUT2D eigenvalue weighted by molar-refractivity contribution is 5.87. The number of H-pyrrole nitrogens is 1. The van der Waals surface area contributed by atoms with Crippen molar-refractivity contribution in [3.63, 3.8) is 0 Å². The molecule has 4 aromatic rings. The van der Waals surface area contributed by atoms with Crippen molar-refractivity contribution in [3.05, 3.63) is 78.8 Å². The van der Waals surface area contributed by atoms with Crippen molar-refractivity contribution in [3.8, 4) is 11.1 Å². The zero-order valence-corrected chi connectivity index (χ0v) is 16.4. The van der Waals surface area contributed by atoms with Crippen molar-refractivity contribution >= 4 is 16.9 Å². The van der Waals surface area contributed by atoms with E-state index in [1.807, 2.05) is 12.3 Å². The number of aromatic amines is 1. The van der Waals surface area contributed by atoms with Crippen molar-refractivity contribution in [2.45, 2.75) is 24.8 Å². The minimum Gasteiger partial charge on any atom is -0.364 e. The molecule has 29 heavy (non-hydrogen) atoms. The van der Waals surface area contributed by atoms with Gasteiger partial charge in [-0.25, -0.2) is 9.97 Å². The van der Waals surface area contributed by atoms with Crippen LogP contribution in [0.15, 0.2) is 73.2 Å². The van der Waals surface area contributed by atoms with Gasteiger partial charge in [-0.1, -0.05) is 54.6 Å². The molecule has 2 aromatic carbocycles. The first kappa shape index (κ1) is 17.9. The molecule has 0 radical (unpaired) electrons. The van der Waals surface area contributed by atoms with E-state index >= 15 is 0 Å². The lowest BCUT2D eigenvalue weighted by atomic mass is 9.81. The Hall–Kier alpha value is -3.18. The van der Waals surface area contributed by atoms with Crippen LogP contribution in [0.2, 0.25) is 0 Å². The van der Waals surface area contributed by atoms with Crippen LogP contribution >= 0.6 is 0 Å². The molecule has 0 atom stereocenters. The topological polar surface area (TPSA) is 65.6 Å². The summed E-state index contributed by atoms with van der Waals surface area (Å²) in [7, 11) is 0. The van der Waals surface area contributed by atoms with Gasteiger partial charge in [-0.2, -0.15) is 0 Å². The molecule has 1 aliphatic heterocycles. The molecule has 1 aliphatic rings. The van der Waals surface area contributed by atoms with Gasteiger partial charge in [0.2, 0.25) is 0 Å². The Bertz CT molecular complexity index is 1100. The average Bonchev–Trinajstić information content (AvgIpc) is 3.25. The molecule has 5 rings (SSSR count). The summed E-state index contributed by atoms with van der Waals surface area (Å²) in [6.45, 7) is 2.01. The predicted octanol–water partition coefficient (Wildman–Crippen LogP) is 4.40. The summed E-state index contributed by atoms with van der Waals surface area (Å²) in [6.07, 6.45) is 6.62. The molecule has 146 valence electrons. The number of hydrogen-bond donors (Lipinski definition) is 3. The molecule has 1 fully saturated rings. The summed E-state index contributed by atoms with van der Waals surface area (Å²) in [5, 5.41) is 8.37. The molecule has 0 aliphatic carbocycles. The molecule has 3 heterocycles. The number of hydrogen-bond acceptors (Lipinski definition) is 4. The van der Waals surface area contributed by atoms with Gasteiger partial charge in [0, 0.05) is 11.7 Å². The van der Waals surface area contributed by atoms with Gasteiger partial charge in [0.15, 0.2) is 0 Å². The van der Waals surface area contributed by atoms with Crippen LogP contribution in [0.5, 0.6) is 0 Å². The molecule has 0 amide bonds. The largest absolute Gasteiger partial charge is 0.364 e. The third-order valence-corrected chi connectivity index (χ3v) is 5.87. The van der Waals surface area contributed by atoms with Gasteiger partial charge in [-0.05, 0) is 55.1 Å². The van der Waals surface area contributed by atoms with Crippen LogP contribution in [0.1, 0.15) is 18.4 Å². The Morgan fingerprint density at radius 2 is 1.72 bits per heavy atom. The fourth-order valence-corrected chi connectivity index (χ4v) is 4.36. The number of aromatic nitrogens is 3. The van der Waals surface area contributed by atoms with E-state index in [0.717, 1.165) is 49.2 Å². The number of nitrogens with one attached hydrogen (secondary N) is 3. The van der Waals surface area contributed by atoms with Crippen molar-refractivity contribution in [2.24, 2.45) is 0 Å². The second-order valence-electron chi connectivity index (χ2n) is 7.86. The van der Waals surface area contributed by atoms with Crippen LogP contribution in [0, 0.1) is 0 Å². The van der Waals surface area contributed by atoms with E-state index in [1.54, 1.807) is 6.33 Å². The maximum absolute atomic E-state index is 4.56. The van der Waals surface area contributed by atoms with E-state index in [0.29, 0.717) is 0 Å². The van der Waals surface area contributed by atoms with Crippen LogP contribution in [0.4, 0.5) is 5.82 Å². The van der Waals surface area contributed by atoms with Crippen LogP contribution in [-0.4, -0.2) is 33.6 Å². The average molecular weight is 383 g/mol. The third kappa shape index (κ3) is 3.74. The maximum Gasteiger partial charge on any atom is 0.142 e. The van der Waals surface area contributed by atoms with Gasteiger partial charge < -0.3 is 15.6 Å². The highest BCUT2D eigenvalue weighted by Gasteiger charge is 2.33. The van der Waals surface area contributed by atoms with E-state index in [2.05, 4.69) is 80.2 Å². The number of fused-ring (bicyclic) bond motifs is 1. The summed E-state index contributed by atoms with van der Waals surface area (Å²) in [5.74, 6) is 0.914. The van der Waals surface area contributed by atoms with Crippen molar-refractivity contribution in [1.29, 1.82) is 0 Å². The van der Waals surface area contributed by atoms with Gasteiger partial charge in [-0.15, -0.1) is 0 Å². The second-order valence-corrected chi connectivity index (χ2v) is 7.86. The minimum absolute atomic E-state index is 0.0287. The highest BCUT2D eigenvalue weighted by Crippen LogP contribution is 2.31. The zero-order chi connectivity index (χ0) is 19.5. The molecule has 1 saturated heterocycles. The van der Waals surface area contributed by atoms with Gasteiger partial charge in [0.1, 0.15) is 17.8 Å². The SMILES string of the molecule is c1ccc(-c2cccc(CC3(Nc4ncnc5[nH]ccc45)CCNCC3)c2)cc1. The van der Waals surface area contributed by atoms with E-state index in [1.165, 1.54) is 16.7 Å². The first-order valence-electron chi connectivity index (χ1n) is 10.2. The van der Waals surface area contributed by atoms with E-state index in [9.17, 15) is 0 Å². The molecule has 0 unspecified atom stereocenters. The van der Waals surface area contributed by atoms with E-state index in [4.69, 9.17) is 0 Å². The number of piperidine rings is 1. The number of benzene rings is 2. The molecular weight excluding hydrogens is 358 g/mol. The zero-order valence-electron chi connectivity index (χ0n) is 16.4. The standard InChI is InChI=1S/C24H25N5/c1-2-6-19(7-3-1)20-8-4-5-18(15-20)16-24(10-13-25-14-11-24)29-23-21-9-12-26-22(21)27-17-28-23/h1-9,12,15,17,25H,10-11,13-14,16H2,(H2,26,27,28,29). The molecule has 0 bridgehead atoms. The summed E-state index contributed by atoms with van der Waals surface area (Å²) < 4.78 is 0. The van der Waals surface area contributed by atoms with Crippen molar-refractivity contribution in [2.75, 3.05) is 18.4 Å². The summed E-state index contributed by atoms with van der Waals surface area (Å²) in [4.78, 5) is 12.1. The Kier molecular flexibility index (Phi) is 4.74. The normalized spacial score (nSPS) is 16.0. The predicted molar refractivity (Wildman–Crippen MR) is 118 cm³/mol. The fourth-order valence-electron chi connectivity index (χ4n) is 4.36. The third-order valence-electron chi connectivity index (χ3n) is 5.87. The summed E-state index contributed by atoms with van der Waals surface area (Å²) >= 11 is 0. The smallest absolute Gasteiger partial charge is 0.142 e. The highest BCUT2D eigenvalue weighted by atomic mass is 15.1. The lowest BCUT2D eigenvalue weighted by molar-refractivity contribution is 0.335. The number of nitrogens with zero attached hydrogens (tertiary/aromatic N) is 2. The van der Waals surface area contributed by atoms with Gasteiger partial charge in [0.05, 0.1) is 5.39 Å². The molecule has 0 spiro atoms. The Labute approximate surface area is 170 Å². The molecule has 5 nitrogen and oxygen atoms in total. The minimum atomic E-state index is -0.0287. The maximum atomic E-state index is 4.56. The van der Waals surface area contributed by atoms with Crippen LogP contribution < -0.4 is 10.6 Å². The summed E-state index contributed by atoms with van der Waals surface area (Å²) in [6, 6.07) is 21.5. The van der Waals surface area contributed by atoms with Crippen LogP contribution in [0.3, 0.4) is 0 Å². The molecule has 0 saturated carbocycles. The van der Waals surface area contributed by atoms with Gasteiger partial charge >= 0.3 is 0 Å². The lowest BCUT2D eigenvalue weighted by Gasteiger charge is -2.39. The van der Waals surface area contributed by atoms with Gasteiger partial charge in [-0.3, -0.25) is 0 Å².